The number of rotatable bonds is 2. The zero-order valence-corrected chi connectivity index (χ0v) is 11.3. The number of hydrogen-bond donors (Lipinski definition) is 2. The number of carboxylic acids is 1. The molecule has 0 aromatic heterocycles. The molecule has 0 aliphatic carbocycles. The number of amides is 2. The second-order valence-electron chi connectivity index (χ2n) is 4.18. The van der Waals surface area contributed by atoms with Gasteiger partial charge in [-0.2, -0.15) is 5.26 Å². The van der Waals surface area contributed by atoms with E-state index in [9.17, 15) is 9.59 Å². The fourth-order valence-corrected chi connectivity index (χ4v) is 2.16. The van der Waals surface area contributed by atoms with E-state index in [1.165, 1.54) is 4.90 Å². The van der Waals surface area contributed by atoms with E-state index in [0.29, 0.717) is 15.7 Å². The predicted molar refractivity (Wildman–Crippen MR) is 70.6 cm³/mol. The molecule has 1 fully saturated rings. The van der Waals surface area contributed by atoms with E-state index in [1.54, 1.807) is 18.2 Å². The summed E-state index contributed by atoms with van der Waals surface area (Å²) in [6, 6.07) is 6.47. The van der Waals surface area contributed by atoms with E-state index < -0.39 is 11.9 Å². The van der Waals surface area contributed by atoms with E-state index in [4.69, 9.17) is 10.4 Å². The van der Waals surface area contributed by atoms with Crippen molar-refractivity contribution in [3.63, 3.8) is 0 Å². The second-order valence-corrected chi connectivity index (χ2v) is 5.03. The highest BCUT2D eigenvalue weighted by Gasteiger charge is 2.35. The fraction of sp³-hybridized carbons (Fsp3) is 0.250. The summed E-state index contributed by atoms with van der Waals surface area (Å²) in [5.74, 6) is -1.36. The highest BCUT2D eigenvalue weighted by molar-refractivity contribution is 9.10. The van der Waals surface area contributed by atoms with Gasteiger partial charge in [0, 0.05) is 17.6 Å². The van der Waals surface area contributed by atoms with Crippen molar-refractivity contribution in [1.29, 1.82) is 5.26 Å². The summed E-state index contributed by atoms with van der Waals surface area (Å²) in [6.45, 7) is 0.435. The zero-order chi connectivity index (χ0) is 14.0. The molecule has 0 spiro atoms. The number of carbonyl (C=O) groups excluding carboxylic acids is 1. The molecule has 98 valence electrons. The highest BCUT2D eigenvalue weighted by Crippen LogP contribution is 2.25. The molecule has 2 rings (SSSR count). The summed E-state index contributed by atoms with van der Waals surface area (Å²) >= 11 is 3.26. The largest absolute Gasteiger partial charge is 0.481 e. The van der Waals surface area contributed by atoms with Crippen LogP contribution in [0.1, 0.15) is 5.56 Å². The first kappa shape index (κ1) is 13.4. The van der Waals surface area contributed by atoms with Crippen LogP contribution in [0.3, 0.4) is 0 Å². The third kappa shape index (κ3) is 2.85. The average molecular weight is 324 g/mol. The number of carbonyl (C=O) groups is 2. The normalized spacial score (nSPS) is 14.4. The van der Waals surface area contributed by atoms with Crippen molar-refractivity contribution in [3.8, 4) is 6.07 Å². The number of hydrogen-bond acceptors (Lipinski definition) is 3. The molecule has 1 aromatic rings. The average Bonchev–Trinajstić information content (AvgIpc) is 2.29. The minimum Gasteiger partial charge on any atom is -0.481 e. The molecule has 6 nitrogen and oxygen atoms in total. The molecule has 1 heterocycles. The monoisotopic (exact) mass is 323 g/mol. The van der Waals surface area contributed by atoms with Crippen molar-refractivity contribution in [2.45, 2.75) is 0 Å². The molecule has 0 saturated carbocycles. The van der Waals surface area contributed by atoms with Gasteiger partial charge in [-0.3, -0.25) is 4.79 Å². The van der Waals surface area contributed by atoms with Crippen LogP contribution in [0.15, 0.2) is 22.7 Å². The van der Waals surface area contributed by atoms with Crippen LogP contribution in [0.25, 0.3) is 0 Å². The first-order valence-corrected chi connectivity index (χ1v) is 6.29. The number of nitriles is 1. The Hall–Kier alpha value is -2.07. The Labute approximate surface area is 117 Å². The van der Waals surface area contributed by atoms with Gasteiger partial charge in [-0.15, -0.1) is 0 Å². The van der Waals surface area contributed by atoms with Gasteiger partial charge in [0.2, 0.25) is 0 Å². The van der Waals surface area contributed by atoms with Gasteiger partial charge in [0.25, 0.3) is 0 Å². The van der Waals surface area contributed by atoms with Crippen LogP contribution in [0.2, 0.25) is 0 Å². The number of nitrogens with one attached hydrogen (secondary N) is 1. The molecule has 0 unspecified atom stereocenters. The van der Waals surface area contributed by atoms with Gasteiger partial charge in [0.15, 0.2) is 0 Å². The number of halogens is 1. The SMILES string of the molecule is N#Cc1ccc(NC(=O)N2CC(C(=O)O)C2)c(Br)c1. The van der Waals surface area contributed by atoms with Gasteiger partial charge in [-0.05, 0) is 34.1 Å². The number of carboxylic acid groups (broad SMARTS) is 1. The molecule has 19 heavy (non-hydrogen) atoms. The van der Waals surface area contributed by atoms with Gasteiger partial charge >= 0.3 is 12.0 Å². The van der Waals surface area contributed by atoms with E-state index >= 15 is 0 Å². The molecule has 0 radical (unpaired) electrons. The summed E-state index contributed by atoms with van der Waals surface area (Å²) in [5, 5.41) is 20.1. The van der Waals surface area contributed by atoms with Crippen LogP contribution in [0.5, 0.6) is 0 Å². The molecule has 1 aliphatic heterocycles. The summed E-state index contributed by atoms with van der Waals surface area (Å²) in [6.07, 6.45) is 0. The highest BCUT2D eigenvalue weighted by atomic mass is 79.9. The molecule has 2 N–H and O–H groups in total. The maximum absolute atomic E-state index is 11.8. The number of urea groups is 1. The molecule has 1 aliphatic rings. The lowest BCUT2D eigenvalue weighted by atomic mass is 10.0. The Morgan fingerprint density at radius 1 is 1.47 bits per heavy atom. The van der Waals surface area contributed by atoms with Gasteiger partial charge < -0.3 is 15.3 Å². The Morgan fingerprint density at radius 3 is 2.68 bits per heavy atom. The second kappa shape index (κ2) is 5.28. The van der Waals surface area contributed by atoms with Gasteiger partial charge in [0.1, 0.15) is 0 Å². The molecule has 0 atom stereocenters. The molecule has 1 aromatic carbocycles. The van der Waals surface area contributed by atoms with Crippen molar-refractivity contribution >= 4 is 33.6 Å². The summed E-state index contributed by atoms with van der Waals surface area (Å²) < 4.78 is 0.607. The minimum absolute atomic E-state index is 0.217. The number of benzene rings is 1. The smallest absolute Gasteiger partial charge is 0.321 e. The molecular formula is C12H10BrN3O3. The number of nitrogens with zero attached hydrogens (tertiary/aromatic N) is 2. The van der Waals surface area contributed by atoms with Crippen LogP contribution in [-0.2, 0) is 4.79 Å². The maximum atomic E-state index is 11.8. The Kier molecular flexibility index (Phi) is 3.71. The number of likely N-dealkylation sites (tertiary alicyclic amines) is 1. The Morgan fingerprint density at radius 2 is 2.16 bits per heavy atom. The molecule has 2 amide bonds. The van der Waals surface area contributed by atoms with E-state index in [1.807, 2.05) is 6.07 Å². The van der Waals surface area contributed by atoms with Crippen molar-refractivity contribution < 1.29 is 14.7 Å². The van der Waals surface area contributed by atoms with Crippen LogP contribution >= 0.6 is 15.9 Å². The lowest BCUT2D eigenvalue weighted by molar-refractivity contribution is -0.145. The van der Waals surface area contributed by atoms with E-state index in [0.717, 1.165) is 0 Å². The van der Waals surface area contributed by atoms with Crippen molar-refractivity contribution in [2.75, 3.05) is 18.4 Å². The van der Waals surface area contributed by atoms with Gasteiger partial charge in [0.05, 0.1) is 23.2 Å². The van der Waals surface area contributed by atoms with Crippen LogP contribution in [0, 0.1) is 17.2 Å². The van der Waals surface area contributed by atoms with Gasteiger partial charge in [-0.1, -0.05) is 0 Å². The maximum Gasteiger partial charge on any atom is 0.321 e. The fourth-order valence-electron chi connectivity index (χ4n) is 1.68. The lowest BCUT2D eigenvalue weighted by Crippen LogP contribution is -2.54. The molecule has 7 heteroatoms. The number of anilines is 1. The van der Waals surface area contributed by atoms with Crippen LogP contribution in [0.4, 0.5) is 10.5 Å². The summed E-state index contributed by atoms with van der Waals surface area (Å²) in [7, 11) is 0. The van der Waals surface area contributed by atoms with Crippen molar-refractivity contribution in [1.82, 2.24) is 4.90 Å². The Balaban J connectivity index is 1.97. The predicted octanol–water partition coefficient (Wildman–Crippen LogP) is 1.87. The third-order valence-corrected chi connectivity index (χ3v) is 3.51. The molecule has 0 bridgehead atoms. The summed E-state index contributed by atoms with van der Waals surface area (Å²) in [5.41, 5.74) is 1.03. The summed E-state index contributed by atoms with van der Waals surface area (Å²) in [4.78, 5) is 23.9. The zero-order valence-electron chi connectivity index (χ0n) is 9.76. The van der Waals surface area contributed by atoms with Crippen molar-refractivity contribution in [3.05, 3.63) is 28.2 Å². The molecule has 1 saturated heterocycles. The molecular weight excluding hydrogens is 314 g/mol. The topological polar surface area (TPSA) is 93.4 Å². The van der Waals surface area contributed by atoms with E-state index in [2.05, 4.69) is 21.2 Å². The minimum atomic E-state index is -0.886. The van der Waals surface area contributed by atoms with Crippen LogP contribution in [-0.4, -0.2) is 35.1 Å². The van der Waals surface area contributed by atoms with Crippen molar-refractivity contribution in [2.24, 2.45) is 5.92 Å². The first-order valence-electron chi connectivity index (χ1n) is 5.49. The Bertz CT molecular complexity index is 576. The lowest BCUT2D eigenvalue weighted by Gasteiger charge is -2.36. The van der Waals surface area contributed by atoms with E-state index in [-0.39, 0.29) is 19.1 Å². The first-order chi connectivity index (χ1) is 9.01. The van der Waals surface area contributed by atoms with Gasteiger partial charge in [-0.25, -0.2) is 4.79 Å². The quantitative estimate of drug-likeness (QED) is 0.868. The number of aliphatic carboxylic acids is 1. The van der Waals surface area contributed by atoms with Crippen LogP contribution < -0.4 is 5.32 Å². The standard InChI is InChI=1S/C12H10BrN3O3/c13-9-3-7(4-14)1-2-10(9)15-12(19)16-5-8(6-16)11(17)18/h1-3,8H,5-6H2,(H,15,19)(H,17,18). The third-order valence-electron chi connectivity index (χ3n) is 2.86.